The summed E-state index contributed by atoms with van der Waals surface area (Å²) in [4.78, 5) is 2.65. The van der Waals surface area contributed by atoms with Crippen molar-refractivity contribution < 1.29 is 0 Å². The Labute approximate surface area is 88.1 Å². The first-order valence-electron chi connectivity index (χ1n) is 6.20. The average molecular weight is 196 g/mol. The fourth-order valence-electron chi connectivity index (χ4n) is 2.23. The molecular formula is C12H24N2. The third kappa shape index (κ3) is 3.25. The molecule has 82 valence electrons. The second-order valence-electron chi connectivity index (χ2n) is 5.49. The third-order valence-corrected chi connectivity index (χ3v) is 3.30. The van der Waals surface area contributed by atoms with E-state index >= 15 is 0 Å². The summed E-state index contributed by atoms with van der Waals surface area (Å²) in [6.45, 7) is 9.74. The van der Waals surface area contributed by atoms with Gasteiger partial charge in [-0.05, 0) is 44.2 Å². The lowest BCUT2D eigenvalue weighted by atomic mass is 10.2. The fraction of sp³-hybridized carbons (Fsp3) is 1.00. The Balaban J connectivity index is 1.61. The van der Waals surface area contributed by atoms with Crippen LogP contribution in [0.15, 0.2) is 0 Å². The first kappa shape index (κ1) is 10.4. The predicted octanol–water partition coefficient (Wildman–Crippen LogP) is 1.72. The van der Waals surface area contributed by atoms with E-state index in [9.17, 15) is 0 Å². The second-order valence-corrected chi connectivity index (χ2v) is 5.49. The highest BCUT2D eigenvalue weighted by Crippen LogP contribution is 2.30. The maximum Gasteiger partial charge on any atom is 0.0207 e. The number of hydrogen-bond acceptors (Lipinski definition) is 2. The molecular weight excluding hydrogens is 172 g/mol. The molecule has 1 saturated heterocycles. The summed E-state index contributed by atoms with van der Waals surface area (Å²) in [5.74, 6) is 1.84. The van der Waals surface area contributed by atoms with E-state index in [-0.39, 0.29) is 0 Å². The summed E-state index contributed by atoms with van der Waals surface area (Å²) < 4.78 is 0. The van der Waals surface area contributed by atoms with Gasteiger partial charge in [-0.25, -0.2) is 0 Å². The van der Waals surface area contributed by atoms with E-state index in [1.807, 2.05) is 0 Å². The summed E-state index contributed by atoms with van der Waals surface area (Å²) in [5, 5.41) is 3.66. The summed E-state index contributed by atoms with van der Waals surface area (Å²) in [5.41, 5.74) is 0. The normalized spacial score (nSPS) is 28.9. The minimum Gasteiger partial charge on any atom is -0.312 e. The van der Waals surface area contributed by atoms with Crippen LogP contribution in [0.3, 0.4) is 0 Å². The molecule has 0 bridgehead atoms. The van der Waals surface area contributed by atoms with Gasteiger partial charge in [0.25, 0.3) is 0 Å². The molecule has 1 aliphatic carbocycles. The van der Waals surface area contributed by atoms with Gasteiger partial charge < -0.3 is 10.2 Å². The molecule has 2 rings (SSSR count). The lowest BCUT2D eigenvalue weighted by Gasteiger charge is -2.17. The summed E-state index contributed by atoms with van der Waals surface area (Å²) >= 11 is 0. The van der Waals surface area contributed by atoms with Crippen LogP contribution in [0, 0.1) is 11.8 Å². The zero-order chi connectivity index (χ0) is 9.97. The molecule has 1 heterocycles. The van der Waals surface area contributed by atoms with Gasteiger partial charge in [0.2, 0.25) is 0 Å². The number of hydrogen-bond donors (Lipinski definition) is 1. The third-order valence-electron chi connectivity index (χ3n) is 3.30. The van der Waals surface area contributed by atoms with Crippen molar-refractivity contribution in [2.24, 2.45) is 11.8 Å². The Hall–Kier alpha value is -0.0800. The van der Waals surface area contributed by atoms with Gasteiger partial charge in [0.1, 0.15) is 0 Å². The maximum atomic E-state index is 3.66. The fourth-order valence-corrected chi connectivity index (χ4v) is 2.23. The van der Waals surface area contributed by atoms with Crippen molar-refractivity contribution in [3.05, 3.63) is 0 Å². The second kappa shape index (κ2) is 4.63. The van der Waals surface area contributed by atoms with Crippen LogP contribution in [0.4, 0.5) is 0 Å². The quantitative estimate of drug-likeness (QED) is 0.720. The molecule has 0 aromatic carbocycles. The molecule has 0 radical (unpaired) electrons. The zero-order valence-electron chi connectivity index (χ0n) is 9.63. The molecule has 0 aromatic rings. The molecule has 0 amide bonds. The van der Waals surface area contributed by atoms with Crippen LogP contribution in [0.25, 0.3) is 0 Å². The largest absolute Gasteiger partial charge is 0.312 e. The molecule has 2 aliphatic rings. The first-order valence-corrected chi connectivity index (χ1v) is 6.20. The van der Waals surface area contributed by atoms with E-state index in [2.05, 4.69) is 24.1 Å². The van der Waals surface area contributed by atoms with E-state index in [0.29, 0.717) is 0 Å². The predicted molar refractivity (Wildman–Crippen MR) is 60.4 cm³/mol. The lowest BCUT2D eigenvalue weighted by molar-refractivity contribution is 0.312. The monoisotopic (exact) mass is 196 g/mol. The van der Waals surface area contributed by atoms with Crippen molar-refractivity contribution >= 4 is 0 Å². The van der Waals surface area contributed by atoms with Gasteiger partial charge in [0.05, 0.1) is 0 Å². The Kier molecular flexibility index (Phi) is 3.45. The van der Waals surface area contributed by atoms with Crippen LogP contribution in [0.2, 0.25) is 0 Å². The van der Waals surface area contributed by atoms with E-state index in [1.54, 1.807) is 0 Å². The first-order chi connectivity index (χ1) is 6.74. The van der Waals surface area contributed by atoms with E-state index in [4.69, 9.17) is 0 Å². The molecule has 0 spiro atoms. The maximum absolute atomic E-state index is 3.66. The number of nitrogens with zero attached hydrogens (tertiary/aromatic N) is 1. The van der Waals surface area contributed by atoms with Crippen molar-refractivity contribution in [1.29, 1.82) is 0 Å². The van der Waals surface area contributed by atoms with Gasteiger partial charge >= 0.3 is 0 Å². The molecule has 1 aliphatic heterocycles. The lowest BCUT2D eigenvalue weighted by Crippen LogP contribution is -2.35. The molecule has 1 N–H and O–H groups in total. The molecule has 0 aromatic heterocycles. The highest BCUT2D eigenvalue weighted by molar-refractivity contribution is 4.85. The summed E-state index contributed by atoms with van der Waals surface area (Å²) in [6, 6.07) is 0.774. The van der Waals surface area contributed by atoms with E-state index in [0.717, 1.165) is 17.9 Å². The Morgan fingerprint density at radius 3 is 2.71 bits per heavy atom. The van der Waals surface area contributed by atoms with Gasteiger partial charge in [-0.2, -0.15) is 0 Å². The van der Waals surface area contributed by atoms with Crippen LogP contribution >= 0.6 is 0 Å². The van der Waals surface area contributed by atoms with Crippen molar-refractivity contribution in [3.63, 3.8) is 0 Å². The van der Waals surface area contributed by atoms with Gasteiger partial charge in [0.15, 0.2) is 0 Å². The van der Waals surface area contributed by atoms with Crippen molar-refractivity contribution in [2.75, 3.05) is 26.2 Å². The smallest absolute Gasteiger partial charge is 0.0207 e. The molecule has 14 heavy (non-hydrogen) atoms. The number of rotatable bonds is 5. The minimum atomic E-state index is 0.774. The summed E-state index contributed by atoms with van der Waals surface area (Å²) in [6.07, 6.45) is 4.33. The SMILES string of the molecule is CC(C)CNC1CCN(CC2CC2)C1. The van der Waals surface area contributed by atoms with Crippen LogP contribution in [-0.4, -0.2) is 37.1 Å². The highest BCUT2D eigenvalue weighted by Gasteiger charge is 2.28. The zero-order valence-corrected chi connectivity index (χ0v) is 9.63. The van der Waals surface area contributed by atoms with Gasteiger partial charge in [-0.15, -0.1) is 0 Å². The number of nitrogens with one attached hydrogen (secondary N) is 1. The van der Waals surface area contributed by atoms with E-state index < -0.39 is 0 Å². The van der Waals surface area contributed by atoms with Gasteiger partial charge in [-0.3, -0.25) is 0 Å². The topological polar surface area (TPSA) is 15.3 Å². The van der Waals surface area contributed by atoms with Crippen LogP contribution in [0.1, 0.15) is 33.1 Å². The molecule has 1 unspecified atom stereocenters. The highest BCUT2D eigenvalue weighted by atomic mass is 15.2. The van der Waals surface area contributed by atoms with Crippen molar-refractivity contribution in [2.45, 2.75) is 39.2 Å². The molecule has 1 atom stereocenters. The molecule has 2 fully saturated rings. The van der Waals surface area contributed by atoms with Crippen LogP contribution in [-0.2, 0) is 0 Å². The van der Waals surface area contributed by atoms with Gasteiger partial charge in [-0.1, -0.05) is 13.8 Å². The van der Waals surface area contributed by atoms with Crippen LogP contribution < -0.4 is 5.32 Å². The Morgan fingerprint density at radius 2 is 2.07 bits per heavy atom. The minimum absolute atomic E-state index is 0.774. The average Bonchev–Trinajstić information content (AvgIpc) is 2.81. The molecule has 1 saturated carbocycles. The Bertz CT molecular complexity index is 175. The molecule has 2 heteroatoms. The molecule has 2 nitrogen and oxygen atoms in total. The van der Waals surface area contributed by atoms with Crippen LogP contribution in [0.5, 0.6) is 0 Å². The Morgan fingerprint density at radius 1 is 1.29 bits per heavy atom. The standard InChI is InChI=1S/C12H24N2/c1-10(2)7-13-12-5-6-14(9-12)8-11-3-4-11/h10-13H,3-9H2,1-2H3. The van der Waals surface area contributed by atoms with E-state index in [1.165, 1.54) is 45.4 Å². The summed E-state index contributed by atoms with van der Waals surface area (Å²) in [7, 11) is 0. The number of likely N-dealkylation sites (tertiary alicyclic amines) is 1. The van der Waals surface area contributed by atoms with Crippen molar-refractivity contribution in [3.8, 4) is 0 Å². The van der Waals surface area contributed by atoms with Crippen molar-refractivity contribution in [1.82, 2.24) is 10.2 Å². The van der Waals surface area contributed by atoms with Gasteiger partial charge in [0, 0.05) is 19.1 Å².